The molecule has 0 unspecified atom stereocenters. The van der Waals surface area contributed by atoms with Crippen LogP contribution in [0.5, 0.6) is 0 Å². The first-order valence-electron chi connectivity index (χ1n) is 6.86. The molecule has 0 bridgehead atoms. The minimum Gasteiger partial charge on any atom is -0.383 e. The van der Waals surface area contributed by atoms with Crippen LogP contribution >= 0.6 is 0 Å². The Kier molecular flexibility index (Phi) is 5.04. The summed E-state index contributed by atoms with van der Waals surface area (Å²) in [5.41, 5.74) is 7.92. The van der Waals surface area contributed by atoms with Crippen LogP contribution in [-0.4, -0.2) is 21.5 Å². The Labute approximate surface area is 124 Å². The van der Waals surface area contributed by atoms with E-state index in [9.17, 15) is 0 Å². The molecule has 2 aromatic rings. The highest BCUT2D eigenvalue weighted by atomic mass is 15.2. The Morgan fingerprint density at radius 3 is 2.90 bits per heavy atom. The number of nitrogens with two attached hydrogens (primary N) is 1. The van der Waals surface area contributed by atoms with Crippen LogP contribution < -0.4 is 10.6 Å². The molecule has 2 aromatic heterocycles. The first-order chi connectivity index (χ1) is 10.3. The molecule has 2 rings (SSSR count). The number of rotatable bonds is 6. The maximum absolute atomic E-state index is 8.86. The van der Waals surface area contributed by atoms with Crippen molar-refractivity contribution in [1.82, 2.24) is 15.0 Å². The standard InChI is InChI=1S/C15H18N6/c1-2-13-14(17)19-11-20-15(13)21(8-4-6-16)10-12-5-3-7-18-9-12/h3,5,7,9,11H,2,4,8,10H2,1H3,(H2,17,19,20). The number of hydrogen-bond donors (Lipinski definition) is 1. The predicted octanol–water partition coefficient (Wildman–Crippen LogP) is 1.94. The second-order valence-electron chi connectivity index (χ2n) is 4.61. The van der Waals surface area contributed by atoms with E-state index in [2.05, 4.69) is 25.9 Å². The minimum atomic E-state index is 0.424. The van der Waals surface area contributed by atoms with E-state index in [1.165, 1.54) is 6.33 Å². The van der Waals surface area contributed by atoms with Gasteiger partial charge in [0.2, 0.25) is 0 Å². The highest BCUT2D eigenvalue weighted by molar-refractivity contribution is 5.56. The summed E-state index contributed by atoms with van der Waals surface area (Å²) in [6, 6.07) is 6.07. The summed E-state index contributed by atoms with van der Waals surface area (Å²) in [5.74, 6) is 1.29. The average molecular weight is 282 g/mol. The van der Waals surface area contributed by atoms with Crippen molar-refractivity contribution in [2.75, 3.05) is 17.2 Å². The van der Waals surface area contributed by atoms with Gasteiger partial charge in [0.05, 0.1) is 12.5 Å². The van der Waals surface area contributed by atoms with Gasteiger partial charge >= 0.3 is 0 Å². The number of aromatic nitrogens is 3. The molecule has 0 aromatic carbocycles. The molecule has 6 heteroatoms. The number of hydrogen-bond acceptors (Lipinski definition) is 6. The number of anilines is 2. The summed E-state index contributed by atoms with van der Waals surface area (Å²) < 4.78 is 0. The largest absolute Gasteiger partial charge is 0.383 e. The first-order valence-corrected chi connectivity index (χ1v) is 6.86. The van der Waals surface area contributed by atoms with Gasteiger partial charge in [-0.1, -0.05) is 13.0 Å². The van der Waals surface area contributed by atoms with Crippen molar-refractivity contribution in [2.45, 2.75) is 26.3 Å². The third-order valence-electron chi connectivity index (χ3n) is 3.20. The van der Waals surface area contributed by atoms with Crippen LogP contribution in [0.3, 0.4) is 0 Å². The smallest absolute Gasteiger partial charge is 0.137 e. The molecule has 0 saturated heterocycles. The van der Waals surface area contributed by atoms with Crippen molar-refractivity contribution in [2.24, 2.45) is 0 Å². The molecule has 0 fully saturated rings. The van der Waals surface area contributed by atoms with Crippen LogP contribution in [0.25, 0.3) is 0 Å². The summed E-state index contributed by atoms with van der Waals surface area (Å²) in [5, 5.41) is 8.86. The fraction of sp³-hybridized carbons (Fsp3) is 0.333. The maximum atomic E-state index is 8.86. The Bertz CT molecular complexity index is 620. The van der Waals surface area contributed by atoms with Crippen molar-refractivity contribution in [3.05, 3.63) is 42.0 Å². The summed E-state index contributed by atoms with van der Waals surface area (Å²) in [6.45, 7) is 3.25. The normalized spacial score (nSPS) is 10.1. The topological polar surface area (TPSA) is 91.7 Å². The van der Waals surface area contributed by atoms with E-state index in [1.807, 2.05) is 25.3 Å². The second kappa shape index (κ2) is 7.20. The van der Waals surface area contributed by atoms with E-state index in [0.29, 0.717) is 25.3 Å². The van der Waals surface area contributed by atoms with Gasteiger partial charge in [0.25, 0.3) is 0 Å². The van der Waals surface area contributed by atoms with Gasteiger partial charge in [0.1, 0.15) is 18.0 Å². The lowest BCUT2D eigenvalue weighted by molar-refractivity contribution is 0.769. The average Bonchev–Trinajstić information content (AvgIpc) is 2.52. The number of nitrogen functional groups attached to an aromatic ring is 1. The van der Waals surface area contributed by atoms with Gasteiger partial charge < -0.3 is 10.6 Å². The van der Waals surface area contributed by atoms with Gasteiger partial charge in [-0.3, -0.25) is 4.98 Å². The molecule has 0 saturated carbocycles. The maximum Gasteiger partial charge on any atom is 0.137 e. The lowest BCUT2D eigenvalue weighted by Gasteiger charge is -2.25. The Balaban J connectivity index is 2.32. The molecular formula is C15H18N6. The van der Waals surface area contributed by atoms with Crippen LogP contribution in [0.2, 0.25) is 0 Å². The van der Waals surface area contributed by atoms with Crippen molar-refractivity contribution in [3.8, 4) is 6.07 Å². The van der Waals surface area contributed by atoms with Crippen LogP contribution in [0, 0.1) is 11.3 Å². The van der Waals surface area contributed by atoms with Gasteiger partial charge in [0.15, 0.2) is 0 Å². The zero-order chi connectivity index (χ0) is 15.1. The molecule has 0 atom stereocenters. The molecule has 6 nitrogen and oxygen atoms in total. The van der Waals surface area contributed by atoms with Gasteiger partial charge in [0, 0.05) is 31.0 Å². The molecule has 108 valence electrons. The third-order valence-corrected chi connectivity index (χ3v) is 3.20. The molecular weight excluding hydrogens is 264 g/mol. The van der Waals surface area contributed by atoms with E-state index in [4.69, 9.17) is 11.0 Å². The summed E-state index contributed by atoms with van der Waals surface area (Å²) in [4.78, 5) is 14.6. The van der Waals surface area contributed by atoms with E-state index in [1.54, 1.807) is 6.20 Å². The van der Waals surface area contributed by atoms with E-state index in [-0.39, 0.29) is 0 Å². The van der Waals surface area contributed by atoms with Crippen molar-refractivity contribution in [3.63, 3.8) is 0 Å². The Hall–Kier alpha value is -2.68. The van der Waals surface area contributed by atoms with E-state index < -0.39 is 0 Å². The molecule has 0 spiro atoms. The highest BCUT2D eigenvalue weighted by Crippen LogP contribution is 2.23. The molecule has 0 aliphatic carbocycles. The second-order valence-corrected chi connectivity index (χ2v) is 4.61. The van der Waals surface area contributed by atoms with Gasteiger partial charge in [-0.05, 0) is 18.1 Å². The SMILES string of the molecule is CCc1c(N)ncnc1N(CCC#N)Cc1cccnc1. The predicted molar refractivity (Wildman–Crippen MR) is 81.3 cm³/mol. The third kappa shape index (κ3) is 3.66. The van der Waals surface area contributed by atoms with Crippen molar-refractivity contribution >= 4 is 11.6 Å². The zero-order valence-electron chi connectivity index (χ0n) is 12.0. The number of nitrogens with zero attached hydrogens (tertiary/aromatic N) is 5. The highest BCUT2D eigenvalue weighted by Gasteiger charge is 2.15. The summed E-state index contributed by atoms with van der Waals surface area (Å²) >= 11 is 0. The molecule has 21 heavy (non-hydrogen) atoms. The van der Waals surface area contributed by atoms with Gasteiger partial charge in [-0.25, -0.2) is 9.97 Å². The van der Waals surface area contributed by atoms with Gasteiger partial charge in [-0.15, -0.1) is 0 Å². The van der Waals surface area contributed by atoms with Crippen LogP contribution in [0.1, 0.15) is 24.5 Å². The lowest BCUT2D eigenvalue weighted by atomic mass is 10.2. The van der Waals surface area contributed by atoms with Crippen LogP contribution in [-0.2, 0) is 13.0 Å². The quantitative estimate of drug-likeness (QED) is 0.870. The fourth-order valence-corrected chi connectivity index (χ4v) is 2.18. The molecule has 0 aliphatic heterocycles. The fourth-order valence-electron chi connectivity index (χ4n) is 2.18. The zero-order valence-corrected chi connectivity index (χ0v) is 12.0. The number of pyridine rings is 1. The van der Waals surface area contributed by atoms with Crippen molar-refractivity contribution in [1.29, 1.82) is 5.26 Å². The van der Waals surface area contributed by atoms with Crippen LogP contribution in [0.15, 0.2) is 30.9 Å². The Morgan fingerprint density at radius 1 is 1.38 bits per heavy atom. The van der Waals surface area contributed by atoms with E-state index in [0.717, 1.165) is 23.4 Å². The summed E-state index contributed by atoms with van der Waals surface area (Å²) in [6.07, 6.45) is 6.19. The Morgan fingerprint density at radius 2 is 2.24 bits per heavy atom. The monoisotopic (exact) mass is 282 g/mol. The molecule has 2 N–H and O–H groups in total. The number of nitriles is 1. The lowest BCUT2D eigenvalue weighted by Crippen LogP contribution is -2.26. The molecule has 0 radical (unpaired) electrons. The molecule has 0 amide bonds. The molecule has 2 heterocycles. The first kappa shape index (κ1) is 14.7. The van der Waals surface area contributed by atoms with Crippen molar-refractivity contribution < 1.29 is 0 Å². The minimum absolute atomic E-state index is 0.424. The van der Waals surface area contributed by atoms with E-state index >= 15 is 0 Å². The van der Waals surface area contributed by atoms with Gasteiger partial charge in [-0.2, -0.15) is 5.26 Å². The van der Waals surface area contributed by atoms with Crippen LogP contribution in [0.4, 0.5) is 11.6 Å². The summed E-state index contributed by atoms with van der Waals surface area (Å²) in [7, 11) is 0. The molecule has 0 aliphatic rings.